The summed E-state index contributed by atoms with van der Waals surface area (Å²) in [5.74, 6) is -6.82. The van der Waals surface area contributed by atoms with Crippen LogP contribution in [0.1, 0.15) is 22.3 Å². The summed E-state index contributed by atoms with van der Waals surface area (Å²) < 4.78 is 0.357. The number of allylic oxidation sites excluding steroid dienone is 1. The summed E-state index contributed by atoms with van der Waals surface area (Å²) in [7, 11) is 3.15. The number of fused-ring (bicyclic) bond motifs is 3. The molecule has 1 aromatic rings. The average Bonchev–Trinajstić information content (AvgIpc) is 2.67. The minimum atomic E-state index is -2.63. The molecule has 6 N–H and O–H groups in total. The molecule has 0 unspecified atom stereocenters. The summed E-state index contributed by atoms with van der Waals surface area (Å²) in [6.45, 7) is 0. The Hall–Kier alpha value is -2.76. The van der Waals surface area contributed by atoms with E-state index >= 15 is 0 Å². The van der Waals surface area contributed by atoms with E-state index in [0.717, 1.165) is 6.20 Å². The Labute approximate surface area is 184 Å². The second-order valence-corrected chi connectivity index (χ2v) is 9.00. The molecular weight excluding hydrogens is 474 g/mol. The number of aromatic nitrogens is 1. The van der Waals surface area contributed by atoms with Crippen LogP contribution >= 0.6 is 15.9 Å². The van der Waals surface area contributed by atoms with Crippen LogP contribution in [0.2, 0.25) is 0 Å². The molecule has 1 heterocycles. The first-order valence-electron chi connectivity index (χ1n) is 9.44. The summed E-state index contributed by atoms with van der Waals surface area (Å²) in [4.78, 5) is 43.7. The smallest absolute Gasteiger partial charge is 0.255 e. The minimum absolute atomic E-state index is 0.0356. The van der Waals surface area contributed by atoms with Crippen LogP contribution in [-0.4, -0.2) is 73.5 Å². The highest BCUT2D eigenvalue weighted by molar-refractivity contribution is 9.10. The molecule has 0 aliphatic heterocycles. The van der Waals surface area contributed by atoms with Crippen LogP contribution in [0.4, 0.5) is 0 Å². The van der Waals surface area contributed by atoms with E-state index in [9.17, 15) is 34.8 Å². The van der Waals surface area contributed by atoms with Crippen molar-refractivity contribution in [3.63, 3.8) is 0 Å². The van der Waals surface area contributed by atoms with Crippen LogP contribution in [-0.2, 0) is 16.0 Å². The number of pyridine rings is 1. The van der Waals surface area contributed by atoms with E-state index in [2.05, 4.69) is 20.9 Å². The number of ketones is 2. The number of halogens is 1. The Morgan fingerprint density at radius 1 is 1.29 bits per heavy atom. The third kappa shape index (κ3) is 2.70. The maximum Gasteiger partial charge on any atom is 0.255 e. The molecule has 4 rings (SSSR count). The molecule has 0 aromatic carbocycles. The van der Waals surface area contributed by atoms with Crippen molar-refractivity contribution in [2.45, 2.75) is 24.5 Å². The van der Waals surface area contributed by atoms with E-state index in [1.54, 1.807) is 14.1 Å². The van der Waals surface area contributed by atoms with Crippen molar-refractivity contribution < 1.29 is 34.8 Å². The third-order valence-corrected chi connectivity index (χ3v) is 7.11. The Kier molecular flexibility index (Phi) is 4.76. The number of carbonyl (C=O) groups excluding carboxylic acids is 3. The molecule has 31 heavy (non-hydrogen) atoms. The van der Waals surface area contributed by atoms with Gasteiger partial charge in [0.15, 0.2) is 11.4 Å². The molecule has 3 aliphatic carbocycles. The lowest BCUT2D eigenvalue weighted by Gasteiger charge is -2.50. The van der Waals surface area contributed by atoms with Gasteiger partial charge in [0, 0.05) is 17.1 Å². The lowest BCUT2D eigenvalue weighted by molar-refractivity contribution is -0.148. The van der Waals surface area contributed by atoms with Gasteiger partial charge in [-0.3, -0.25) is 19.3 Å². The molecule has 0 saturated carbocycles. The summed E-state index contributed by atoms with van der Waals surface area (Å²) in [6.07, 6.45) is 1.31. The SMILES string of the molecule is CN(C)[C@@H]1C(O)=C(C(N)=O)C(=O)[C@@]2(O)C(O)=C3C(=O)c4c(O)cnc(Br)c4C[C@H]3C[C@@H]12. The second kappa shape index (κ2) is 6.87. The van der Waals surface area contributed by atoms with Crippen molar-refractivity contribution >= 4 is 33.4 Å². The molecule has 0 saturated heterocycles. The zero-order valence-corrected chi connectivity index (χ0v) is 18.2. The van der Waals surface area contributed by atoms with E-state index in [4.69, 9.17) is 5.73 Å². The van der Waals surface area contributed by atoms with Crippen molar-refractivity contribution in [3.8, 4) is 5.75 Å². The average molecular weight is 494 g/mol. The van der Waals surface area contributed by atoms with E-state index in [-0.39, 0.29) is 24.0 Å². The molecule has 10 nitrogen and oxygen atoms in total. The Bertz CT molecular complexity index is 1130. The number of carbonyl (C=O) groups is 3. The van der Waals surface area contributed by atoms with E-state index in [1.807, 2.05) is 0 Å². The molecule has 1 amide bonds. The van der Waals surface area contributed by atoms with Gasteiger partial charge in [0.05, 0.1) is 17.8 Å². The number of amides is 1. The van der Waals surface area contributed by atoms with Gasteiger partial charge < -0.3 is 26.2 Å². The number of nitrogens with two attached hydrogens (primary N) is 1. The van der Waals surface area contributed by atoms with Crippen LogP contribution in [0.15, 0.2) is 33.5 Å². The number of nitrogens with zero attached hydrogens (tertiary/aromatic N) is 2. The van der Waals surface area contributed by atoms with Crippen LogP contribution in [0.25, 0.3) is 0 Å². The lowest BCUT2D eigenvalue weighted by Crippen LogP contribution is -2.63. The van der Waals surface area contributed by atoms with Gasteiger partial charge in [-0.2, -0.15) is 0 Å². The fourth-order valence-electron chi connectivity index (χ4n) is 5.11. The van der Waals surface area contributed by atoms with Gasteiger partial charge in [-0.1, -0.05) is 0 Å². The predicted octanol–water partition coefficient (Wildman–Crippen LogP) is 0.278. The standard InChI is InChI=1S/C20H20BrN3O7/c1-24(2)13-8-4-6-3-7-11(9(25)5-23-18(7)21)14(26)10(6)16(28)20(8,31)17(29)12(15(13)27)19(22)30/h5-6,8,13,25,27-28,31H,3-4H2,1-2H3,(H2,22,30)/t6-,8-,13-,20-/m0/s1. The Balaban J connectivity index is 1.98. The number of aromatic hydroxyl groups is 1. The predicted molar refractivity (Wildman–Crippen MR) is 109 cm³/mol. The van der Waals surface area contributed by atoms with Crippen LogP contribution in [0.5, 0.6) is 5.75 Å². The fourth-order valence-corrected chi connectivity index (χ4v) is 5.57. The Morgan fingerprint density at radius 3 is 2.52 bits per heavy atom. The molecule has 11 heteroatoms. The number of rotatable bonds is 2. The molecular formula is C20H20BrN3O7. The van der Waals surface area contributed by atoms with Gasteiger partial charge in [0.25, 0.3) is 5.91 Å². The largest absolute Gasteiger partial charge is 0.510 e. The number of hydrogen-bond acceptors (Lipinski definition) is 9. The zero-order valence-electron chi connectivity index (χ0n) is 16.6. The fraction of sp³-hybridized carbons (Fsp3) is 0.400. The number of likely N-dealkylation sites (N-methyl/N-ethyl adjacent to an activating group) is 1. The van der Waals surface area contributed by atoms with Crippen molar-refractivity contribution in [1.82, 2.24) is 9.88 Å². The summed E-state index contributed by atoms with van der Waals surface area (Å²) in [5.41, 5.74) is 1.98. The van der Waals surface area contributed by atoms with E-state index in [1.165, 1.54) is 4.90 Å². The number of aliphatic hydroxyl groups excluding tert-OH is 2. The second-order valence-electron chi connectivity index (χ2n) is 8.25. The van der Waals surface area contributed by atoms with E-state index in [0.29, 0.717) is 10.2 Å². The molecule has 3 aliphatic rings. The number of primary amides is 1. The number of aliphatic hydroxyl groups is 3. The monoisotopic (exact) mass is 493 g/mol. The molecule has 1 aromatic heterocycles. The molecule has 4 atom stereocenters. The van der Waals surface area contributed by atoms with Crippen molar-refractivity contribution in [3.05, 3.63) is 44.6 Å². The van der Waals surface area contributed by atoms with Gasteiger partial charge in [-0.15, -0.1) is 0 Å². The molecule has 164 valence electrons. The highest BCUT2D eigenvalue weighted by Gasteiger charge is 2.63. The van der Waals surface area contributed by atoms with Crippen molar-refractivity contribution in [2.75, 3.05) is 14.1 Å². The van der Waals surface area contributed by atoms with Gasteiger partial charge in [-0.05, 0) is 48.8 Å². The molecule has 0 bridgehead atoms. The number of hydrogen-bond donors (Lipinski definition) is 5. The van der Waals surface area contributed by atoms with Crippen LogP contribution < -0.4 is 5.73 Å². The number of Topliss-reactive ketones (excluding diaryl/α,β-unsaturated/α-hetero) is 2. The molecule has 0 spiro atoms. The summed E-state index contributed by atoms with van der Waals surface area (Å²) >= 11 is 3.27. The lowest BCUT2D eigenvalue weighted by atomic mass is 9.58. The minimum Gasteiger partial charge on any atom is -0.510 e. The maximum absolute atomic E-state index is 13.2. The first-order valence-corrected chi connectivity index (χ1v) is 10.2. The highest BCUT2D eigenvalue weighted by Crippen LogP contribution is 2.52. The third-order valence-electron chi connectivity index (χ3n) is 6.42. The molecule has 0 radical (unpaired) electrons. The van der Waals surface area contributed by atoms with Gasteiger partial charge in [0.2, 0.25) is 5.78 Å². The van der Waals surface area contributed by atoms with Gasteiger partial charge >= 0.3 is 0 Å². The van der Waals surface area contributed by atoms with Crippen LogP contribution in [0, 0.1) is 11.8 Å². The van der Waals surface area contributed by atoms with E-state index < -0.39 is 63.8 Å². The van der Waals surface area contributed by atoms with Crippen molar-refractivity contribution in [2.24, 2.45) is 17.6 Å². The zero-order chi connectivity index (χ0) is 23.0. The van der Waals surface area contributed by atoms with Crippen LogP contribution in [0.3, 0.4) is 0 Å². The first kappa shape index (κ1) is 21.5. The highest BCUT2D eigenvalue weighted by atomic mass is 79.9. The first-order chi connectivity index (χ1) is 14.4. The van der Waals surface area contributed by atoms with Gasteiger partial charge in [-0.25, -0.2) is 4.98 Å². The topological polar surface area (TPSA) is 174 Å². The summed E-state index contributed by atoms with van der Waals surface area (Å²) in [5, 5.41) is 43.4. The summed E-state index contributed by atoms with van der Waals surface area (Å²) in [6, 6.07) is -1.02. The van der Waals surface area contributed by atoms with Crippen molar-refractivity contribution in [1.29, 1.82) is 0 Å². The van der Waals surface area contributed by atoms with Gasteiger partial charge in [0.1, 0.15) is 27.4 Å². The normalized spacial score (nSPS) is 30.3. The maximum atomic E-state index is 13.2. The molecule has 0 fully saturated rings. The Morgan fingerprint density at radius 2 is 1.94 bits per heavy atom. The quantitative estimate of drug-likeness (QED) is 0.286.